The molecule has 0 atom stereocenters. The lowest BCUT2D eigenvalue weighted by molar-refractivity contribution is -0.119. The quantitative estimate of drug-likeness (QED) is 0.133. The number of ketones is 1. The first-order valence-corrected chi connectivity index (χ1v) is 12.6. The first-order chi connectivity index (χ1) is 13.8. The van der Waals surface area contributed by atoms with Gasteiger partial charge in [0.25, 0.3) is 0 Å². The van der Waals surface area contributed by atoms with E-state index in [-0.39, 0.29) is 0 Å². The van der Waals surface area contributed by atoms with Crippen LogP contribution in [0.2, 0.25) is 0 Å². The molecule has 0 heterocycles. The van der Waals surface area contributed by atoms with E-state index < -0.39 is 0 Å². The summed E-state index contributed by atoms with van der Waals surface area (Å²) in [5, 5.41) is 0. The molecule has 0 amide bonds. The Hall–Kier alpha value is -0.850. The van der Waals surface area contributed by atoms with Crippen molar-refractivity contribution in [1.82, 2.24) is 0 Å². The summed E-state index contributed by atoms with van der Waals surface area (Å²) in [5.41, 5.74) is 0. The summed E-state index contributed by atoms with van der Waals surface area (Å²) in [5.74, 6) is 0.499. The molecule has 0 bridgehead atoms. The molecule has 28 heavy (non-hydrogen) atoms. The summed E-state index contributed by atoms with van der Waals surface area (Å²) in [4.78, 5) is 11.9. The van der Waals surface area contributed by atoms with Crippen molar-refractivity contribution in [2.45, 2.75) is 142 Å². The molecular weight excluding hydrogens is 340 g/mol. The summed E-state index contributed by atoms with van der Waals surface area (Å²) in [6, 6.07) is 0. The Balaban J connectivity index is 3.25. The van der Waals surface area contributed by atoms with Gasteiger partial charge in [0.05, 0.1) is 0 Å². The third-order valence-electron chi connectivity index (χ3n) is 5.47. The van der Waals surface area contributed by atoms with Gasteiger partial charge >= 0.3 is 0 Å². The largest absolute Gasteiger partial charge is 0.300 e. The summed E-state index contributed by atoms with van der Waals surface area (Å²) in [6.45, 7) is 4.51. The standard InChI is InChI=1S/C27H50O/c1-3-5-7-9-11-12-13-14-15-16-17-18-20-22-24-26-27(28)25-23-21-19-10-8-6-4-2/h11-12,14-15H,3-10,13,16-26H2,1-2H3/b12-11-,15-14-. The van der Waals surface area contributed by atoms with Crippen LogP contribution in [0.3, 0.4) is 0 Å². The van der Waals surface area contributed by atoms with E-state index in [1.807, 2.05) is 0 Å². The average molecular weight is 391 g/mol. The molecule has 0 fully saturated rings. The molecule has 0 aliphatic rings. The molecular formula is C27H50O. The maximum absolute atomic E-state index is 11.9. The zero-order chi connectivity index (χ0) is 20.5. The first kappa shape index (κ1) is 27.1. The molecule has 0 aromatic carbocycles. The highest BCUT2D eigenvalue weighted by molar-refractivity contribution is 5.78. The van der Waals surface area contributed by atoms with E-state index in [2.05, 4.69) is 38.2 Å². The van der Waals surface area contributed by atoms with Crippen molar-refractivity contribution < 1.29 is 4.79 Å². The summed E-state index contributed by atoms with van der Waals surface area (Å²) in [6.07, 6.45) is 33.8. The van der Waals surface area contributed by atoms with Gasteiger partial charge in [0.1, 0.15) is 5.78 Å². The van der Waals surface area contributed by atoms with Gasteiger partial charge < -0.3 is 0 Å². The number of hydrogen-bond donors (Lipinski definition) is 0. The van der Waals surface area contributed by atoms with Crippen molar-refractivity contribution in [3.8, 4) is 0 Å². The average Bonchev–Trinajstić information content (AvgIpc) is 2.70. The molecule has 0 saturated carbocycles. The van der Waals surface area contributed by atoms with Crippen LogP contribution in [0.1, 0.15) is 142 Å². The predicted octanol–water partition coefficient (Wildman–Crippen LogP) is 9.51. The highest BCUT2D eigenvalue weighted by atomic mass is 16.1. The molecule has 0 spiro atoms. The van der Waals surface area contributed by atoms with Gasteiger partial charge in [-0.1, -0.05) is 109 Å². The highest BCUT2D eigenvalue weighted by Gasteiger charge is 2.01. The molecule has 0 aliphatic carbocycles. The number of carbonyl (C=O) groups is 1. The third-order valence-corrected chi connectivity index (χ3v) is 5.47. The zero-order valence-corrected chi connectivity index (χ0v) is 19.4. The Morgan fingerprint density at radius 2 is 0.893 bits per heavy atom. The molecule has 1 heteroatoms. The van der Waals surface area contributed by atoms with Crippen LogP contribution < -0.4 is 0 Å². The number of rotatable bonds is 22. The Morgan fingerprint density at radius 3 is 1.43 bits per heavy atom. The molecule has 0 aromatic rings. The van der Waals surface area contributed by atoms with Gasteiger partial charge in [-0.2, -0.15) is 0 Å². The second-order valence-electron chi connectivity index (χ2n) is 8.39. The topological polar surface area (TPSA) is 17.1 Å². The maximum atomic E-state index is 11.9. The van der Waals surface area contributed by atoms with E-state index in [0.29, 0.717) is 5.78 Å². The number of carbonyl (C=O) groups excluding carboxylic acids is 1. The fourth-order valence-corrected chi connectivity index (χ4v) is 3.54. The van der Waals surface area contributed by atoms with E-state index in [1.54, 1.807) is 0 Å². The summed E-state index contributed by atoms with van der Waals surface area (Å²) >= 11 is 0. The van der Waals surface area contributed by atoms with E-state index >= 15 is 0 Å². The lowest BCUT2D eigenvalue weighted by Gasteiger charge is -2.02. The van der Waals surface area contributed by atoms with Crippen LogP contribution >= 0.6 is 0 Å². The fourth-order valence-electron chi connectivity index (χ4n) is 3.54. The van der Waals surface area contributed by atoms with Crippen LogP contribution in [0.25, 0.3) is 0 Å². The van der Waals surface area contributed by atoms with Crippen LogP contribution in [-0.2, 0) is 4.79 Å². The molecule has 0 N–H and O–H groups in total. The Morgan fingerprint density at radius 1 is 0.500 bits per heavy atom. The highest BCUT2D eigenvalue weighted by Crippen LogP contribution is 2.12. The van der Waals surface area contributed by atoms with E-state index in [4.69, 9.17) is 0 Å². The van der Waals surface area contributed by atoms with Crippen molar-refractivity contribution in [1.29, 1.82) is 0 Å². The molecule has 164 valence electrons. The Bertz CT molecular complexity index is 366. The maximum Gasteiger partial charge on any atom is 0.132 e. The molecule has 0 rings (SSSR count). The normalized spacial score (nSPS) is 11.8. The first-order valence-electron chi connectivity index (χ1n) is 12.6. The van der Waals surface area contributed by atoms with Crippen LogP contribution in [0.5, 0.6) is 0 Å². The van der Waals surface area contributed by atoms with Crippen LogP contribution in [0, 0.1) is 0 Å². The monoisotopic (exact) mass is 390 g/mol. The molecule has 0 radical (unpaired) electrons. The minimum atomic E-state index is 0.499. The molecule has 0 aliphatic heterocycles. The molecule has 0 unspecified atom stereocenters. The number of unbranched alkanes of at least 4 members (excludes halogenated alkanes) is 14. The van der Waals surface area contributed by atoms with Gasteiger partial charge in [0.2, 0.25) is 0 Å². The SMILES string of the molecule is CCCCC/C=C\C/C=C\CCCCCCCC(=O)CCCCCCCCC. The minimum absolute atomic E-state index is 0.499. The van der Waals surface area contributed by atoms with E-state index in [9.17, 15) is 4.79 Å². The van der Waals surface area contributed by atoms with Crippen molar-refractivity contribution >= 4 is 5.78 Å². The van der Waals surface area contributed by atoms with Gasteiger partial charge in [0.15, 0.2) is 0 Å². The number of Topliss-reactive ketones (excluding diaryl/α,β-unsaturated/α-hetero) is 1. The van der Waals surface area contributed by atoms with Gasteiger partial charge in [-0.3, -0.25) is 4.79 Å². The fraction of sp³-hybridized carbons (Fsp3) is 0.815. The molecule has 0 saturated heterocycles. The minimum Gasteiger partial charge on any atom is -0.300 e. The zero-order valence-electron chi connectivity index (χ0n) is 19.4. The van der Waals surface area contributed by atoms with Crippen LogP contribution in [-0.4, -0.2) is 5.78 Å². The van der Waals surface area contributed by atoms with Gasteiger partial charge in [-0.25, -0.2) is 0 Å². The second-order valence-corrected chi connectivity index (χ2v) is 8.39. The Labute approximate surface area is 177 Å². The van der Waals surface area contributed by atoms with Crippen LogP contribution in [0.4, 0.5) is 0 Å². The summed E-state index contributed by atoms with van der Waals surface area (Å²) in [7, 11) is 0. The third kappa shape index (κ3) is 23.2. The van der Waals surface area contributed by atoms with Crippen molar-refractivity contribution in [3.63, 3.8) is 0 Å². The molecule has 0 aromatic heterocycles. The van der Waals surface area contributed by atoms with E-state index in [1.165, 1.54) is 96.3 Å². The summed E-state index contributed by atoms with van der Waals surface area (Å²) < 4.78 is 0. The lowest BCUT2D eigenvalue weighted by Crippen LogP contribution is -1.97. The number of allylic oxidation sites excluding steroid dienone is 4. The van der Waals surface area contributed by atoms with E-state index in [0.717, 1.165) is 32.1 Å². The molecule has 1 nitrogen and oxygen atoms in total. The van der Waals surface area contributed by atoms with Crippen molar-refractivity contribution in [2.75, 3.05) is 0 Å². The predicted molar refractivity (Wildman–Crippen MR) is 127 cm³/mol. The smallest absolute Gasteiger partial charge is 0.132 e. The second kappa shape index (κ2) is 24.2. The van der Waals surface area contributed by atoms with Crippen molar-refractivity contribution in [3.05, 3.63) is 24.3 Å². The van der Waals surface area contributed by atoms with Crippen molar-refractivity contribution in [2.24, 2.45) is 0 Å². The van der Waals surface area contributed by atoms with Gasteiger partial charge in [-0.15, -0.1) is 0 Å². The van der Waals surface area contributed by atoms with Gasteiger partial charge in [0, 0.05) is 12.8 Å². The lowest BCUT2D eigenvalue weighted by atomic mass is 10.0. The van der Waals surface area contributed by atoms with Gasteiger partial charge in [-0.05, 0) is 44.9 Å². The number of hydrogen-bond acceptors (Lipinski definition) is 1. The van der Waals surface area contributed by atoms with Crippen LogP contribution in [0.15, 0.2) is 24.3 Å². The Kier molecular flexibility index (Phi) is 23.5.